The Morgan fingerprint density at radius 3 is 2.51 bits per heavy atom. The van der Waals surface area contributed by atoms with Gasteiger partial charge in [0.25, 0.3) is 6.57 Å². The van der Waals surface area contributed by atoms with Crippen LogP contribution in [0.3, 0.4) is 0 Å². The number of thiazole rings is 1. The van der Waals surface area contributed by atoms with Crippen LogP contribution < -0.4 is 5.32 Å². The number of benzene rings is 1. The van der Waals surface area contributed by atoms with Crippen LogP contribution >= 0.6 is 11.3 Å². The van der Waals surface area contributed by atoms with Gasteiger partial charge in [0.2, 0.25) is 0 Å². The van der Waals surface area contributed by atoms with E-state index in [-0.39, 0.29) is 25.7 Å². The van der Waals surface area contributed by atoms with Crippen molar-refractivity contribution in [1.82, 2.24) is 19.8 Å². The molecule has 3 heterocycles. The van der Waals surface area contributed by atoms with E-state index in [1.807, 2.05) is 32.0 Å². The highest BCUT2D eigenvalue weighted by molar-refractivity contribution is 7.19. The van der Waals surface area contributed by atoms with Gasteiger partial charge in [0, 0.05) is 30.0 Å². The van der Waals surface area contributed by atoms with E-state index in [1.165, 1.54) is 16.2 Å². The van der Waals surface area contributed by atoms with E-state index in [0.717, 1.165) is 27.4 Å². The minimum absolute atomic E-state index is 0.111. The summed E-state index contributed by atoms with van der Waals surface area (Å²) < 4.78 is 5.45. The summed E-state index contributed by atoms with van der Waals surface area (Å²) in [6, 6.07) is 12.9. The molecule has 1 N–H and O–H groups in total. The highest BCUT2D eigenvalue weighted by Crippen LogP contribution is 2.39. The molecule has 1 aromatic carbocycles. The second kappa shape index (κ2) is 11.1. The maximum atomic E-state index is 13.2. The fourth-order valence-corrected chi connectivity index (χ4v) is 5.21. The Morgan fingerprint density at radius 1 is 1.15 bits per heavy atom. The van der Waals surface area contributed by atoms with Gasteiger partial charge in [-0.3, -0.25) is 10.3 Å². The Labute approximate surface area is 231 Å². The van der Waals surface area contributed by atoms with E-state index >= 15 is 0 Å². The second-order valence-corrected chi connectivity index (χ2v) is 11.2. The van der Waals surface area contributed by atoms with Gasteiger partial charge >= 0.3 is 18.3 Å². The number of ether oxygens (including phenoxy) is 1. The van der Waals surface area contributed by atoms with Crippen LogP contribution in [0.4, 0.5) is 14.7 Å². The van der Waals surface area contributed by atoms with Gasteiger partial charge in [-0.05, 0) is 64.4 Å². The van der Waals surface area contributed by atoms with E-state index in [0.29, 0.717) is 16.4 Å². The van der Waals surface area contributed by atoms with Crippen LogP contribution in [-0.4, -0.2) is 63.3 Å². The quantitative estimate of drug-likeness (QED) is 0.450. The molecule has 10 nitrogen and oxygen atoms in total. The molecule has 3 aromatic rings. The van der Waals surface area contributed by atoms with Gasteiger partial charge in [0.15, 0.2) is 5.13 Å². The SMILES string of the molecule is C#[N+][C@H]1CN(C(=O)Nc2nc(-c3cccc(C#N)c3)c(-c3cc(C)nc(C)c3)s2)CCN1C(=O)OC(C)(C)C. The maximum absolute atomic E-state index is 13.2. The number of rotatable bonds is 3. The number of carbonyl (C=O) groups is 2. The lowest BCUT2D eigenvalue weighted by atomic mass is 10.0. The summed E-state index contributed by atoms with van der Waals surface area (Å²) in [5.74, 6) is 0. The Hall–Kier alpha value is -4.48. The third kappa shape index (κ3) is 6.51. The summed E-state index contributed by atoms with van der Waals surface area (Å²) in [5, 5.41) is 12.7. The number of hydrogen-bond acceptors (Lipinski definition) is 7. The van der Waals surface area contributed by atoms with Crippen molar-refractivity contribution in [3.05, 3.63) is 58.2 Å². The van der Waals surface area contributed by atoms with Gasteiger partial charge in [-0.2, -0.15) is 5.26 Å². The lowest BCUT2D eigenvalue weighted by Gasteiger charge is -2.34. The van der Waals surface area contributed by atoms with Crippen molar-refractivity contribution in [2.24, 2.45) is 0 Å². The maximum Gasteiger partial charge on any atom is 0.416 e. The summed E-state index contributed by atoms with van der Waals surface area (Å²) in [6.07, 6.45) is -1.27. The fraction of sp³-hybridized carbons (Fsp3) is 0.357. The van der Waals surface area contributed by atoms with Crippen molar-refractivity contribution in [3.63, 3.8) is 0 Å². The molecule has 2 aromatic heterocycles. The number of piperazine rings is 1. The molecule has 11 heteroatoms. The lowest BCUT2D eigenvalue weighted by Crippen LogP contribution is -2.56. The topological polar surface area (TPSA) is 116 Å². The molecule has 1 atom stereocenters. The third-order valence-electron chi connectivity index (χ3n) is 5.89. The number of urea groups is 1. The Bertz CT molecular complexity index is 1480. The molecule has 0 unspecified atom stereocenters. The van der Waals surface area contributed by atoms with Crippen molar-refractivity contribution >= 4 is 28.6 Å². The molecule has 0 spiro atoms. The first-order valence-corrected chi connectivity index (χ1v) is 13.2. The van der Waals surface area contributed by atoms with Gasteiger partial charge in [-0.15, -0.1) is 0 Å². The van der Waals surface area contributed by atoms with Crippen molar-refractivity contribution in [1.29, 1.82) is 5.26 Å². The van der Waals surface area contributed by atoms with Gasteiger partial charge < -0.3 is 9.64 Å². The molecule has 3 amide bonds. The largest absolute Gasteiger partial charge is 0.444 e. The van der Waals surface area contributed by atoms with Crippen LogP contribution in [0.25, 0.3) is 26.5 Å². The molecule has 39 heavy (non-hydrogen) atoms. The van der Waals surface area contributed by atoms with Gasteiger partial charge in [-0.25, -0.2) is 19.5 Å². The van der Waals surface area contributed by atoms with E-state index in [1.54, 1.807) is 43.9 Å². The molecule has 4 rings (SSSR count). The smallest absolute Gasteiger partial charge is 0.416 e. The highest BCUT2D eigenvalue weighted by Gasteiger charge is 2.40. The Morgan fingerprint density at radius 2 is 1.87 bits per heavy atom. The van der Waals surface area contributed by atoms with Crippen LogP contribution in [0, 0.1) is 31.8 Å². The average Bonchev–Trinajstić information content (AvgIpc) is 3.30. The number of nitrogens with one attached hydrogen (secondary N) is 1. The summed E-state index contributed by atoms with van der Waals surface area (Å²) >= 11 is 1.34. The normalized spacial score (nSPS) is 15.3. The van der Waals surface area contributed by atoms with E-state index in [9.17, 15) is 14.9 Å². The van der Waals surface area contributed by atoms with Crippen molar-refractivity contribution in [2.75, 3.05) is 25.0 Å². The molecule has 1 saturated heterocycles. The molecule has 0 radical (unpaired) electrons. The number of aryl methyl sites for hydroxylation is 2. The number of aromatic nitrogens is 2. The number of amides is 3. The highest BCUT2D eigenvalue weighted by atomic mass is 32.1. The second-order valence-electron chi connectivity index (χ2n) is 10.2. The summed E-state index contributed by atoms with van der Waals surface area (Å²) in [7, 11) is 0. The number of pyridine rings is 1. The number of hydrogen-bond donors (Lipinski definition) is 1. The van der Waals surface area contributed by atoms with Crippen molar-refractivity contribution in [3.8, 4) is 34.3 Å². The molecule has 1 aliphatic heterocycles. The summed E-state index contributed by atoms with van der Waals surface area (Å²) in [6.45, 7) is 15.4. The van der Waals surface area contributed by atoms with Gasteiger partial charge in [0.05, 0.1) is 22.2 Å². The van der Waals surface area contributed by atoms with Crippen molar-refractivity contribution in [2.45, 2.75) is 46.4 Å². The molecular weight excluding hydrogens is 514 g/mol. The lowest BCUT2D eigenvalue weighted by molar-refractivity contribution is 0.00913. The Balaban J connectivity index is 1.59. The van der Waals surface area contributed by atoms with Crippen LogP contribution in [0.2, 0.25) is 0 Å². The van der Waals surface area contributed by atoms with Crippen LogP contribution in [0.1, 0.15) is 37.7 Å². The molecule has 0 saturated carbocycles. The van der Waals surface area contributed by atoms with Crippen LogP contribution in [0.5, 0.6) is 0 Å². The first kappa shape index (κ1) is 27.6. The zero-order valence-corrected chi connectivity index (χ0v) is 23.4. The Kier molecular flexibility index (Phi) is 7.84. The minimum atomic E-state index is -0.738. The van der Waals surface area contributed by atoms with Gasteiger partial charge in [-0.1, -0.05) is 28.3 Å². The van der Waals surface area contributed by atoms with E-state index < -0.39 is 17.9 Å². The average molecular weight is 545 g/mol. The number of anilines is 1. The molecule has 200 valence electrons. The summed E-state index contributed by atoms with van der Waals surface area (Å²) in [5.41, 5.74) is 3.91. The zero-order valence-electron chi connectivity index (χ0n) is 22.6. The molecule has 0 aliphatic carbocycles. The predicted octanol–water partition coefficient (Wildman–Crippen LogP) is 5.73. The van der Waals surface area contributed by atoms with E-state index in [2.05, 4.69) is 21.2 Å². The number of carbonyl (C=O) groups excluding carboxylic acids is 2. The standard InChI is InChI=1S/C28H29N7O3S/c1-17-12-21(13-18(2)31-17)24-23(20-9-7-8-19(14-20)15-29)32-25(39-24)33-26(36)34-10-11-35(22(16-34)30-6)27(37)38-28(3,4)5/h6-9,12-14,22H,10-11,16H2,1-5H3/p+1/t22-/m1/s1. The fourth-order valence-electron chi connectivity index (χ4n) is 4.25. The molecule has 0 bridgehead atoms. The molecule has 1 fully saturated rings. The third-order valence-corrected chi connectivity index (χ3v) is 6.91. The first-order valence-electron chi connectivity index (χ1n) is 12.4. The monoisotopic (exact) mass is 544 g/mol. The minimum Gasteiger partial charge on any atom is -0.444 e. The first-order chi connectivity index (χ1) is 18.5. The molecular formula is C28H30N7O3S+. The number of nitriles is 1. The van der Waals surface area contributed by atoms with Crippen molar-refractivity contribution < 1.29 is 14.3 Å². The number of nitrogens with zero attached hydrogens (tertiary/aromatic N) is 6. The van der Waals surface area contributed by atoms with Gasteiger partial charge in [0.1, 0.15) is 12.1 Å². The summed E-state index contributed by atoms with van der Waals surface area (Å²) in [4.78, 5) is 42.7. The van der Waals surface area contributed by atoms with Crippen LogP contribution in [-0.2, 0) is 4.74 Å². The molecule has 1 aliphatic rings. The predicted molar refractivity (Wildman–Crippen MR) is 151 cm³/mol. The zero-order chi connectivity index (χ0) is 28.3. The van der Waals surface area contributed by atoms with Crippen LogP contribution in [0.15, 0.2) is 36.4 Å². The van der Waals surface area contributed by atoms with E-state index in [4.69, 9.17) is 16.3 Å².